The van der Waals surface area contributed by atoms with E-state index in [0.717, 1.165) is 11.8 Å². The molecule has 2 rings (SSSR count). The predicted octanol–water partition coefficient (Wildman–Crippen LogP) is 4.80. The molecular formula is C23H54N2O2. The van der Waals surface area contributed by atoms with Crippen LogP contribution in [0.15, 0.2) is 0 Å². The Balaban J connectivity index is -0.000000326. The molecule has 0 amide bonds. The van der Waals surface area contributed by atoms with Gasteiger partial charge in [-0.15, -0.1) is 0 Å². The summed E-state index contributed by atoms with van der Waals surface area (Å²) in [5.74, 6) is 1.99. The smallest absolute Gasteiger partial charge is 0.000945 e. The first-order chi connectivity index (χ1) is 12.1. The molecule has 4 N–H and O–H groups in total. The Morgan fingerprint density at radius 2 is 1.00 bits per heavy atom. The molecule has 0 saturated carbocycles. The molecule has 0 aromatic heterocycles. The lowest BCUT2D eigenvalue weighted by Gasteiger charge is -2.31. The summed E-state index contributed by atoms with van der Waals surface area (Å²) in [6.45, 7) is 21.4. The van der Waals surface area contributed by atoms with Gasteiger partial charge in [-0.1, -0.05) is 73.6 Å². The van der Waals surface area contributed by atoms with Gasteiger partial charge in [0.2, 0.25) is 0 Å². The molecule has 2 saturated heterocycles. The highest BCUT2D eigenvalue weighted by atomic mass is 16.0. The van der Waals surface area contributed by atoms with E-state index < -0.39 is 0 Å². The van der Waals surface area contributed by atoms with Crippen LogP contribution in [0.5, 0.6) is 0 Å². The number of likely N-dealkylation sites (tertiary alicyclic amines) is 2. The second kappa shape index (κ2) is 22.1. The van der Waals surface area contributed by atoms with E-state index in [1.54, 1.807) is 0 Å². The average molecular weight is 391 g/mol. The predicted molar refractivity (Wildman–Crippen MR) is 123 cm³/mol. The summed E-state index contributed by atoms with van der Waals surface area (Å²) in [6, 6.07) is 0. The molecule has 2 fully saturated rings. The van der Waals surface area contributed by atoms with E-state index in [0.29, 0.717) is 0 Å². The molecule has 4 nitrogen and oxygen atoms in total. The fraction of sp³-hybridized carbons (Fsp3) is 1.00. The van der Waals surface area contributed by atoms with Crippen LogP contribution in [0, 0.1) is 11.8 Å². The van der Waals surface area contributed by atoms with Gasteiger partial charge in [0.25, 0.3) is 0 Å². The average Bonchev–Trinajstić information content (AvgIpc) is 2.69. The third kappa shape index (κ3) is 16.5. The normalized spacial score (nSPS) is 22.9. The number of hydrogen-bond acceptors (Lipinski definition) is 2. The van der Waals surface area contributed by atoms with Crippen molar-refractivity contribution in [2.45, 2.75) is 99.3 Å². The van der Waals surface area contributed by atoms with Crippen molar-refractivity contribution in [1.82, 2.24) is 9.80 Å². The maximum atomic E-state index is 2.57. The van der Waals surface area contributed by atoms with E-state index >= 15 is 0 Å². The van der Waals surface area contributed by atoms with Crippen LogP contribution in [0.4, 0.5) is 0 Å². The molecule has 2 aliphatic heterocycles. The van der Waals surface area contributed by atoms with Gasteiger partial charge in [0.15, 0.2) is 0 Å². The van der Waals surface area contributed by atoms with Crippen LogP contribution in [0.25, 0.3) is 0 Å². The standard InChI is InChI=1S/2C9H19N.C5H12.2H2O/c2*1-3-9-6-5-7-10(4-2)8-9;1-3-5-4-2;;/h2*9H,3-8H2,1-2H3;3-5H2,1-2H3;2*1H2. The molecule has 27 heavy (non-hydrogen) atoms. The number of rotatable bonds is 6. The van der Waals surface area contributed by atoms with Gasteiger partial charge in [0.1, 0.15) is 0 Å². The fourth-order valence-corrected chi connectivity index (χ4v) is 3.90. The molecule has 0 spiro atoms. The third-order valence-electron chi connectivity index (χ3n) is 5.96. The van der Waals surface area contributed by atoms with E-state index in [4.69, 9.17) is 0 Å². The minimum atomic E-state index is 0. The van der Waals surface area contributed by atoms with Crippen molar-refractivity contribution in [1.29, 1.82) is 0 Å². The molecule has 0 aliphatic carbocycles. The summed E-state index contributed by atoms with van der Waals surface area (Å²) in [7, 11) is 0. The van der Waals surface area contributed by atoms with E-state index in [-0.39, 0.29) is 11.0 Å². The minimum absolute atomic E-state index is 0. The second-order valence-electron chi connectivity index (χ2n) is 7.97. The molecule has 0 aromatic rings. The van der Waals surface area contributed by atoms with Crippen LogP contribution < -0.4 is 0 Å². The van der Waals surface area contributed by atoms with E-state index in [1.807, 2.05) is 0 Å². The van der Waals surface area contributed by atoms with Crippen LogP contribution in [-0.4, -0.2) is 60.0 Å². The summed E-state index contributed by atoms with van der Waals surface area (Å²) in [6.07, 6.45) is 12.6. The van der Waals surface area contributed by atoms with E-state index in [1.165, 1.54) is 97.1 Å². The van der Waals surface area contributed by atoms with Gasteiger partial charge in [0, 0.05) is 13.1 Å². The fourth-order valence-electron chi connectivity index (χ4n) is 3.90. The highest BCUT2D eigenvalue weighted by molar-refractivity contribution is 4.71. The molecular weight excluding hydrogens is 336 g/mol. The van der Waals surface area contributed by atoms with Crippen molar-refractivity contribution in [2.75, 3.05) is 39.3 Å². The number of unbranched alkanes of at least 4 members (excludes halogenated alkanes) is 2. The number of hydrogen-bond donors (Lipinski definition) is 0. The maximum Gasteiger partial charge on any atom is 0.000945 e. The van der Waals surface area contributed by atoms with Gasteiger partial charge < -0.3 is 20.8 Å². The summed E-state index contributed by atoms with van der Waals surface area (Å²) >= 11 is 0. The van der Waals surface area contributed by atoms with Crippen LogP contribution >= 0.6 is 0 Å². The number of nitrogens with zero attached hydrogens (tertiary/aromatic N) is 2. The molecule has 0 bridgehead atoms. The molecule has 2 aliphatic rings. The van der Waals surface area contributed by atoms with Crippen molar-refractivity contribution in [2.24, 2.45) is 11.8 Å². The maximum absolute atomic E-state index is 2.57. The van der Waals surface area contributed by atoms with Gasteiger partial charge >= 0.3 is 0 Å². The van der Waals surface area contributed by atoms with Crippen LogP contribution in [0.3, 0.4) is 0 Å². The first-order valence-corrected chi connectivity index (χ1v) is 11.6. The van der Waals surface area contributed by atoms with E-state index in [9.17, 15) is 0 Å². The molecule has 0 radical (unpaired) electrons. The van der Waals surface area contributed by atoms with Crippen molar-refractivity contribution in [3.8, 4) is 0 Å². The first-order valence-electron chi connectivity index (χ1n) is 11.6. The van der Waals surface area contributed by atoms with Crippen LogP contribution in [0.2, 0.25) is 0 Å². The summed E-state index contributed by atoms with van der Waals surface area (Å²) in [4.78, 5) is 5.13. The zero-order valence-corrected chi connectivity index (χ0v) is 19.7. The highest BCUT2D eigenvalue weighted by Gasteiger charge is 2.16. The van der Waals surface area contributed by atoms with Gasteiger partial charge in [0.05, 0.1) is 0 Å². The Morgan fingerprint density at radius 3 is 1.22 bits per heavy atom. The van der Waals surface area contributed by atoms with Crippen molar-refractivity contribution >= 4 is 0 Å². The lowest BCUT2D eigenvalue weighted by Crippen LogP contribution is -2.34. The molecule has 2 unspecified atom stereocenters. The molecule has 4 heteroatoms. The SMILES string of the molecule is CCC1CCCN(CC)C1.CCC1CCCN(CC)C1.CCCCC.O.O. The monoisotopic (exact) mass is 390 g/mol. The third-order valence-corrected chi connectivity index (χ3v) is 5.96. The topological polar surface area (TPSA) is 69.5 Å². The van der Waals surface area contributed by atoms with Crippen LogP contribution in [-0.2, 0) is 0 Å². The van der Waals surface area contributed by atoms with Gasteiger partial charge in [-0.05, 0) is 63.7 Å². The Morgan fingerprint density at radius 1 is 0.630 bits per heavy atom. The zero-order chi connectivity index (χ0) is 18.9. The van der Waals surface area contributed by atoms with Crippen LogP contribution in [0.1, 0.15) is 99.3 Å². The zero-order valence-electron chi connectivity index (χ0n) is 19.7. The lowest BCUT2D eigenvalue weighted by atomic mass is 9.96. The van der Waals surface area contributed by atoms with Crippen molar-refractivity contribution in [3.63, 3.8) is 0 Å². The van der Waals surface area contributed by atoms with Crippen molar-refractivity contribution in [3.05, 3.63) is 0 Å². The lowest BCUT2D eigenvalue weighted by molar-refractivity contribution is 0.179. The molecule has 2 atom stereocenters. The van der Waals surface area contributed by atoms with Gasteiger partial charge in [-0.25, -0.2) is 0 Å². The quantitative estimate of drug-likeness (QED) is 0.653. The summed E-state index contributed by atoms with van der Waals surface area (Å²) in [5, 5.41) is 0. The largest absolute Gasteiger partial charge is 0.412 e. The molecule has 0 aromatic carbocycles. The Hall–Kier alpha value is -0.160. The second-order valence-corrected chi connectivity index (χ2v) is 7.97. The van der Waals surface area contributed by atoms with Gasteiger partial charge in [-0.3, -0.25) is 0 Å². The first kappa shape index (κ1) is 31.5. The van der Waals surface area contributed by atoms with Gasteiger partial charge in [-0.2, -0.15) is 0 Å². The van der Waals surface area contributed by atoms with E-state index in [2.05, 4.69) is 51.3 Å². The highest BCUT2D eigenvalue weighted by Crippen LogP contribution is 2.19. The Kier molecular flexibility index (Phi) is 25.8. The summed E-state index contributed by atoms with van der Waals surface area (Å²) in [5.41, 5.74) is 0. The number of piperidine rings is 2. The summed E-state index contributed by atoms with van der Waals surface area (Å²) < 4.78 is 0. The molecule has 168 valence electrons. The molecule has 2 heterocycles. The minimum Gasteiger partial charge on any atom is -0.412 e. The Bertz CT molecular complexity index is 231. The Labute approximate surface area is 171 Å². The van der Waals surface area contributed by atoms with Crippen molar-refractivity contribution < 1.29 is 11.0 Å².